The van der Waals surface area contributed by atoms with Gasteiger partial charge in [0.25, 0.3) is 0 Å². The average Bonchev–Trinajstić information content (AvgIpc) is 2.39. The van der Waals surface area contributed by atoms with Gasteiger partial charge in [0, 0.05) is 0 Å². The van der Waals surface area contributed by atoms with Gasteiger partial charge in [-0.05, 0) is 44.3 Å². The van der Waals surface area contributed by atoms with Crippen molar-refractivity contribution in [2.45, 2.75) is 31.7 Å². The van der Waals surface area contributed by atoms with Gasteiger partial charge in [0.15, 0.2) is 0 Å². The maximum absolute atomic E-state index is 10.7. The molecule has 0 aliphatic carbocycles. The van der Waals surface area contributed by atoms with Crippen molar-refractivity contribution in [3.05, 3.63) is 35.9 Å². The first-order chi connectivity index (χ1) is 7.81. The monoisotopic (exact) mass is 217 g/mol. The molecule has 0 bridgehead atoms. The Bertz CT molecular complexity index is 328. The quantitative estimate of drug-likeness (QED) is 0.725. The number of carbonyl (C=O) groups excluding carboxylic acids is 1. The van der Waals surface area contributed by atoms with Crippen molar-refractivity contribution in [2.24, 2.45) is 0 Å². The summed E-state index contributed by atoms with van der Waals surface area (Å²) < 4.78 is 0. The first-order valence-corrected chi connectivity index (χ1v) is 6.05. The Hall–Kier alpha value is -1.15. The Morgan fingerprint density at radius 3 is 2.44 bits per heavy atom. The van der Waals surface area contributed by atoms with Gasteiger partial charge in [-0.25, -0.2) is 0 Å². The Labute approximate surface area is 97.3 Å². The molecule has 1 aliphatic heterocycles. The molecule has 0 N–H and O–H groups in total. The summed E-state index contributed by atoms with van der Waals surface area (Å²) in [4.78, 5) is 13.0. The van der Waals surface area contributed by atoms with Gasteiger partial charge < -0.3 is 4.79 Å². The second kappa shape index (κ2) is 5.26. The fourth-order valence-electron chi connectivity index (χ4n) is 2.45. The summed E-state index contributed by atoms with van der Waals surface area (Å²) in [7, 11) is 0. The maximum atomic E-state index is 10.7. The third-order valence-electron chi connectivity index (χ3n) is 3.57. The van der Waals surface area contributed by atoms with Crippen molar-refractivity contribution in [2.75, 3.05) is 13.1 Å². The van der Waals surface area contributed by atoms with Crippen LogP contribution in [0, 0.1) is 0 Å². The predicted molar refractivity (Wildman–Crippen MR) is 65.5 cm³/mol. The van der Waals surface area contributed by atoms with E-state index in [0.29, 0.717) is 5.92 Å². The molecular formula is C14H19NO. The largest absolute Gasteiger partial charge is 0.302 e. The van der Waals surface area contributed by atoms with E-state index in [1.54, 1.807) is 0 Å². The number of piperidine rings is 1. The second-order valence-electron chi connectivity index (χ2n) is 4.60. The molecule has 1 saturated heterocycles. The van der Waals surface area contributed by atoms with E-state index in [4.69, 9.17) is 0 Å². The number of rotatable bonds is 3. The molecule has 1 aromatic carbocycles. The molecule has 1 fully saturated rings. The summed E-state index contributed by atoms with van der Waals surface area (Å²) in [6.45, 7) is 4.06. The zero-order chi connectivity index (χ0) is 11.4. The van der Waals surface area contributed by atoms with E-state index in [1.807, 2.05) is 6.92 Å². The van der Waals surface area contributed by atoms with Gasteiger partial charge >= 0.3 is 0 Å². The van der Waals surface area contributed by atoms with Crippen molar-refractivity contribution >= 4 is 6.29 Å². The minimum absolute atomic E-state index is 0.0803. The summed E-state index contributed by atoms with van der Waals surface area (Å²) in [5.41, 5.74) is 1.45. The Kier molecular flexibility index (Phi) is 3.73. The van der Waals surface area contributed by atoms with E-state index < -0.39 is 0 Å². The molecule has 2 nitrogen and oxygen atoms in total. The van der Waals surface area contributed by atoms with Gasteiger partial charge in [0.2, 0.25) is 0 Å². The number of carbonyl (C=O) groups is 1. The summed E-state index contributed by atoms with van der Waals surface area (Å²) >= 11 is 0. The van der Waals surface area contributed by atoms with E-state index in [9.17, 15) is 4.79 Å². The third kappa shape index (κ3) is 2.50. The lowest BCUT2D eigenvalue weighted by Gasteiger charge is -2.34. The lowest BCUT2D eigenvalue weighted by molar-refractivity contribution is -0.112. The molecule has 0 amide bonds. The van der Waals surface area contributed by atoms with Crippen molar-refractivity contribution < 1.29 is 4.79 Å². The molecule has 1 aromatic rings. The molecule has 0 aromatic heterocycles. The molecule has 2 rings (SSSR count). The van der Waals surface area contributed by atoms with E-state index in [1.165, 1.54) is 18.4 Å². The van der Waals surface area contributed by atoms with Crippen LogP contribution < -0.4 is 0 Å². The smallest absolute Gasteiger partial charge is 0.136 e. The summed E-state index contributed by atoms with van der Waals surface area (Å²) in [6.07, 6.45) is 3.38. The van der Waals surface area contributed by atoms with Crippen LogP contribution in [0.2, 0.25) is 0 Å². The first-order valence-electron chi connectivity index (χ1n) is 6.05. The normalized spacial score (nSPS) is 20.6. The lowest BCUT2D eigenvalue weighted by atomic mass is 9.89. The van der Waals surface area contributed by atoms with Gasteiger partial charge in [-0.2, -0.15) is 0 Å². The first kappa shape index (κ1) is 11.3. The number of hydrogen-bond donors (Lipinski definition) is 0. The van der Waals surface area contributed by atoms with Crippen molar-refractivity contribution in [3.8, 4) is 0 Å². The van der Waals surface area contributed by atoms with Gasteiger partial charge in [0.1, 0.15) is 6.29 Å². The number of benzene rings is 1. The van der Waals surface area contributed by atoms with Crippen LogP contribution in [0.4, 0.5) is 0 Å². The van der Waals surface area contributed by atoms with Crippen LogP contribution in [0.3, 0.4) is 0 Å². The molecule has 1 heterocycles. The van der Waals surface area contributed by atoms with Crippen molar-refractivity contribution in [3.63, 3.8) is 0 Å². The maximum Gasteiger partial charge on any atom is 0.136 e. The lowest BCUT2D eigenvalue weighted by Crippen LogP contribution is -2.40. The van der Waals surface area contributed by atoms with Gasteiger partial charge in [0.05, 0.1) is 6.04 Å². The molecule has 2 heteroatoms. The Morgan fingerprint density at radius 2 is 1.88 bits per heavy atom. The average molecular weight is 217 g/mol. The molecule has 16 heavy (non-hydrogen) atoms. The molecule has 1 unspecified atom stereocenters. The fraction of sp³-hybridized carbons (Fsp3) is 0.500. The minimum atomic E-state index is 0.0803. The SMILES string of the molecule is CC(C=O)N1CCC(c2ccccc2)CC1. The highest BCUT2D eigenvalue weighted by atomic mass is 16.1. The summed E-state index contributed by atoms with van der Waals surface area (Å²) in [5, 5.41) is 0. The molecule has 0 saturated carbocycles. The minimum Gasteiger partial charge on any atom is -0.302 e. The molecule has 0 spiro atoms. The highest BCUT2D eigenvalue weighted by molar-refractivity contribution is 5.56. The van der Waals surface area contributed by atoms with Gasteiger partial charge in [-0.1, -0.05) is 30.3 Å². The van der Waals surface area contributed by atoms with Crippen molar-refractivity contribution in [1.29, 1.82) is 0 Å². The van der Waals surface area contributed by atoms with Crippen LogP contribution in [0.5, 0.6) is 0 Å². The van der Waals surface area contributed by atoms with Crippen LogP contribution >= 0.6 is 0 Å². The molecule has 0 radical (unpaired) electrons. The summed E-state index contributed by atoms with van der Waals surface area (Å²) in [6, 6.07) is 10.8. The molecule has 1 aliphatic rings. The van der Waals surface area contributed by atoms with Crippen LogP contribution in [0.15, 0.2) is 30.3 Å². The highest BCUT2D eigenvalue weighted by Gasteiger charge is 2.22. The number of nitrogens with zero attached hydrogens (tertiary/aromatic N) is 1. The van der Waals surface area contributed by atoms with Crippen LogP contribution in [0.1, 0.15) is 31.2 Å². The Morgan fingerprint density at radius 1 is 1.25 bits per heavy atom. The van der Waals surface area contributed by atoms with E-state index in [2.05, 4.69) is 35.2 Å². The van der Waals surface area contributed by atoms with Gasteiger partial charge in [-0.3, -0.25) is 4.90 Å². The topological polar surface area (TPSA) is 20.3 Å². The fourth-order valence-corrected chi connectivity index (χ4v) is 2.45. The zero-order valence-electron chi connectivity index (χ0n) is 9.80. The molecular weight excluding hydrogens is 198 g/mol. The third-order valence-corrected chi connectivity index (χ3v) is 3.57. The van der Waals surface area contributed by atoms with Gasteiger partial charge in [-0.15, -0.1) is 0 Å². The van der Waals surface area contributed by atoms with E-state index in [0.717, 1.165) is 19.4 Å². The summed E-state index contributed by atoms with van der Waals surface area (Å²) in [5.74, 6) is 0.677. The molecule has 1 atom stereocenters. The second-order valence-corrected chi connectivity index (χ2v) is 4.60. The number of aldehydes is 1. The van der Waals surface area contributed by atoms with E-state index in [-0.39, 0.29) is 6.04 Å². The highest BCUT2D eigenvalue weighted by Crippen LogP contribution is 2.28. The Balaban J connectivity index is 1.93. The van der Waals surface area contributed by atoms with Crippen LogP contribution in [0.25, 0.3) is 0 Å². The predicted octanol–water partition coefficient (Wildman–Crippen LogP) is 2.45. The van der Waals surface area contributed by atoms with Crippen molar-refractivity contribution in [1.82, 2.24) is 4.90 Å². The zero-order valence-corrected chi connectivity index (χ0v) is 9.80. The van der Waals surface area contributed by atoms with Crippen LogP contribution in [-0.4, -0.2) is 30.3 Å². The van der Waals surface area contributed by atoms with E-state index >= 15 is 0 Å². The standard InChI is InChI=1S/C14H19NO/c1-12(11-16)15-9-7-14(8-10-15)13-5-3-2-4-6-13/h2-6,11-12,14H,7-10H2,1H3. The number of hydrogen-bond acceptors (Lipinski definition) is 2. The number of likely N-dealkylation sites (tertiary alicyclic amines) is 1. The van der Waals surface area contributed by atoms with Crippen LogP contribution in [-0.2, 0) is 4.79 Å². The molecule has 86 valence electrons.